The van der Waals surface area contributed by atoms with Gasteiger partial charge in [-0.15, -0.1) is 6.42 Å². The Morgan fingerprint density at radius 1 is 1.50 bits per heavy atom. The van der Waals surface area contributed by atoms with Crippen LogP contribution in [-0.4, -0.2) is 16.5 Å². The molecule has 90 valence electrons. The van der Waals surface area contributed by atoms with Gasteiger partial charge in [-0.05, 0) is 19.1 Å². The molecule has 0 saturated carbocycles. The van der Waals surface area contributed by atoms with Crippen LogP contribution in [0.4, 0.5) is 11.4 Å². The smallest absolute Gasteiger partial charge is 0.270 e. The van der Waals surface area contributed by atoms with Crippen molar-refractivity contribution in [1.82, 2.24) is 4.98 Å². The second-order valence-corrected chi connectivity index (χ2v) is 3.83. The summed E-state index contributed by atoms with van der Waals surface area (Å²) in [6.07, 6.45) is 5.20. The Hall–Kier alpha value is -2.61. The molecule has 1 aromatic carbocycles. The Kier molecular flexibility index (Phi) is 3.11. The van der Waals surface area contributed by atoms with Gasteiger partial charge in [0.25, 0.3) is 5.69 Å². The number of pyridine rings is 1. The maximum Gasteiger partial charge on any atom is 0.270 e. The van der Waals surface area contributed by atoms with Crippen LogP contribution in [-0.2, 0) is 0 Å². The molecule has 0 fully saturated rings. The van der Waals surface area contributed by atoms with E-state index in [1.165, 1.54) is 12.1 Å². The summed E-state index contributed by atoms with van der Waals surface area (Å²) in [6.45, 7) is 2.23. The van der Waals surface area contributed by atoms with Crippen molar-refractivity contribution in [2.45, 2.75) is 6.92 Å². The number of nitrogens with one attached hydrogen (secondary N) is 1. The van der Waals surface area contributed by atoms with Crippen LogP contribution in [0.5, 0.6) is 0 Å². The lowest BCUT2D eigenvalue weighted by Crippen LogP contribution is -2.01. The maximum absolute atomic E-state index is 10.8. The van der Waals surface area contributed by atoms with Crippen molar-refractivity contribution in [3.63, 3.8) is 0 Å². The first kappa shape index (κ1) is 11.9. The number of nitrogens with zero attached hydrogens (tertiary/aromatic N) is 2. The number of anilines is 1. The molecular formula is C13H11N3O2. The number of rotatable bonds is 3. The van der Waals surface area contributed by atoms with Crippen LogP contribution in [0.2, 0.25) is 0 Å². The molecule has 5 nitrogen and oxygen atoms in total. The lowest BCUT2D eigenvalue weighted by molar-refractivity contribution is -0.384. The third-order valence-corrected chi connectivity index (χ3v) is 2.51. The maximum atomic E-state index is 10.8. The molecule has 0 saturated heterocycles. The van der Waals surface area contributed by atoms with Crippen molar-refractivity contribution in [2.24, 2.45) is 0 Å². The first-order valence-electron chi connectivity index (χ1n) is 5.35. The summed E-state index contributed by atoms with van der Waals surface area (Å²) < 4.78 is 0. The Morgan fingerprint density at radius 2 is 2.28 bits per heavy atom. The van der Waals surface area contributed by atoms with Gasteiger partial charge < -0.3 is 5.32 Å². The summed E-state index contributed by atoms with van der Waals surface area (Å²) in [7, 11) is 0. The van der Waals surface area contributed by atoms with Gasteiger partial charge >= 0.3 is 0 Å². The predicted molar refractivity (Wildman–Crippen MR) is 70.5 cm³/mol. The summed E-state index contributed by atoms with van der Waals surface area (Å²) in [5.74, 6) is 2.47. The normalized spacial score (nSPS) is 10.0. The van der Waals surface area contributed by atoms with E-state index >= 15 is 0 Å². The summed E-state index contributed by atoms with van der Waals surface area (Å²) in [5, 5.41) is 14.5. The monoisotopic (exact) mass is 241 g/mol. The topological polar surface area (TPSA) is 68.1 Å². The minimum atomic E-state index is -0.426. The summed E-state index contributed by atoms with van der Waals surface area (Å²) in [4.78, 5) is 14.7. The fourth-order valence-corrected chi connectivity index (χ4v) is 1.75. The molecule has 0 atom stereocenters. The molecule has 0 radical (unpaired) electrons. The number of hydrogen-bond donors (Lipinski definition) is 1. The van der Waals surface area contributed by atoms with Gasteiger partial charge in [-0.1, -0.05) is 5.92 Å². The Bertz CT molecular complexity index is 659. The number of aryl methyl sites for hydroxylation is 1. The quantitative estimate of drug-likeness (QED) is 0.509. The largest absolute Gasteiger partial charge is 0.374 e. The van der Waals surface area contributed by atoms with Crippen LogP contribution in [0.1, 0.15) is 5.69 Å². The Morgan fingerprint density at radius 3 is 2.94 bits per heavy atom. The van der Waals surface area contributed by atoms with Crippen molar-refractivity contribution >= 4 is 22.3 Å². The lowest BCUT2D eigenvalue weighted by Gasteiger charge is -2.08. The van der Waals surface area contributed by atoms with Crippen molar-refractivity contribution < 1.29 is 4.92 Å². The highest BCUT2D eigenvalue weighted by Crippen LogP contribution is 2.26. The van der Waals surface area contributed by atoms with Gasteiger partial charge in [0.15, 0.2) is 0 Å². The fourth-order valence-electron chi connectivity index (χ4n) is 1.75. The molecule has 0 aliphatic rings. The van der Waals surface area contributed by atoms with Gasteiger partial charge in [0.2, 0.25) is 0 Å². The van der Waals surface area contributed by atoms with Gasteiger partial charge in [0.05, 0.1) is 17.0 Å². The van der Waals surface area contributed by atoms with E-state index in [4.69, 9.17) is 6.42 Å². The molecule has 0 aliphatic carbocycles. The highest BCUT2D eigenvalue weighted by molar-refractivity contribution is 5.93. The number of nitro groups is 1. The Balaban J connectivity index is 2.62. The molecule has 5 heteroatoms. The summed E-state index contributed by atoms with van der Waals surface area (Å²) in [6, 6.07) is 6.41. The lowest BCUT2D eigenvalue weighted by atomic mass is 10.1. The molecule has 2 rings (SSSR count). The van der Waals surface area contributed by atoms with E-state index < -0.39 is 4.92 Å². The van der Waals surface area contributed by atoms with Crippen molar-refractivity contribution in [2.75, 3.05) is 11.9 Å². The SMILES string of the molecule is C#CCNc1cc(C)nc2ccc([N+](=O)[O-])cc12. The van der Waals surface area contributed by atoms with Crippen LogP contribution < -0.4 is 5.32 Å². The molecular weight excluding hydrogens is 230 g/mol. The van der Waals surface area contributed by atoms with E-state index in [9.17, 15) is 10.1 Å². The van der Waals surface area contributed by atoms with Crippen molar-refractivity contribution in [1.29, 1.82) is 0 Å². The van der Waals surface area contributed by atoms with Crippen LogP contribution in [0.3, 0.4) is 0 Å². The molecule has 0 spiro atoms. The number of nitro benzene ring substituents is 1. The third kappa shape index (κ3) is 2.23. The van der Waals surface area contributed by atoms with E-state index in [1.54, 1.807) is 6.07 Å². The van der Waals surface area contributed by atoms with Crippen LogP contribution >= 0.6 is 0 Å². The summed E-state index contributed by atoms with van der Waals surface area (Å²) in [5.41, 5.74) is 2.34. The first-order valence-corrected chi connectivity index (χ1v) is 5.35. The zero-order chi connectivity index (χ0) is 13.1. The number of benzene rings is 1. The van der Waals surface area contributed by atoms with Gasteiger partial charge in [0, 0.05) is 28.9 Å². The zero-order valence-electron chi connectivity index (χ0n) is 9.80. The van der Waals surface area contributed by atoms with Gasteiger partial charge in [-0.25, -0.2) is 0 Å². The van der Waals surface area contributed by atoms with Crippen LogP contribution in [0, 0.1) is 29.4 Å². The minimum absolute atomic E-state index is 0.0388. The number of aromatic nitrogens is 1. The summed E-state index contributed by atoms with van der Waals surface area (Å²) >= 11 is 0. The first-order chi connectivity index (χ1) is 8.61. The molecule has 1 heterocycles. The van der Waals surface area contributed by atoms with Gasteiger partial charge in [0.1, 0.15) is 0 Å². The molecule has 18 heavy (non-hydrogen) atoms. The predicted octanol–water partition coefficient (Wildman–Crippen LogP) is 2.50. The van der Waals surface area contributed by atoms with Gasteiger partial charge in [-0.2, -0.15) is 0 Å². The molecule has 0 unspecified atom stereocenters. The van der Waals surface area contributed by atoms with Crippen LogP contribution in [0.25, 0.3) is 10.9 Å². The third-order valence-electron chi connectivity index (χ3n) is 2.51. The molecule has 1 N–H and O–H groups in total. The number of terminal acetylenes is 1. The second-order valence-electron chi connectivity index (χ2n) is 3.83. The van der Waals surface area contributed by atoms with Gasteiger partial charge in [-0.3, -0.25) is 15.1 Å². The zero-order valence-corrected chi connectivity index (χ0v) is 9.80. The van der Waals surface area contributed by atoms with E-state index in [0.717, 1.165) is 11.4 Å². The Labute approximate surface area is 104 Å². The molecule has 2 aromatic rings. The molecule has 0 bridgehead atoms. The minimum Gasteiger partial charge on any atom is -0.374 e. The highest BCUT2D eigenvalue weighted by Gasteiger charge is 2.10. The van der Waals surface area contributed by atoms with E-state index in [1.807, 2.05) is 13.0 Å². The van der Waals surface area contributed by atoms with E-state index in [0.29, 0.717) is 17.4 Å². The molecule has 0 aliphatic heterocycles. The number of non-ortho nitro benzene ring substituents is 1. The average molecular weight is 241 g/mol. The van der Waals surface area contributed by atoms with Crippen molar-refractivity contribution in [3.05, 3.63) is 40.1 Å². The highest BCUT2D eigenvalue weighted by atomic mass is 16.6. The molecule has 1 aromatic heterocycles. The van der Waals surface area contributed by atoms with E-state index in [-0.39, 0.29) is 5.69 Å². The van der Waals surface area contributed by atoms with Crippen molar-refractivity contribution in [3.8, 4) is 12.3 Å². The van der Waals surface area contributed by atoms with E-state index in [2.05, 4.69) is 16.2 Å². The number of fused-ring (bicyclic) bond motifs is 1. The second kappa shape index (κ2) is 4.72. The number of hydrogen-bond acceptors (Lipinski definition) is 4. The molecule has 0 amide bonds. The van der Waals surface area contributed by atoms with Crippen LogP contribution in [0.15, 0.2) is 24.3 Å². The average Bonchev–Trinajstić information content (AvgIpc) is 2.35. The fraction of sp³-hybridized carbons (Fsp3) is 0.154. The standard InChI is InChI=1S/C13H11N3O2/c1-3-6-14-13-7-9(2)15-12-5-4-10(16(17)18)8-11(12)13/h1,4-5,7-8H,6H2,2H3,(H,14,15).